The Bertz CT molecular complexity index is 546. The Labute approximate surface area is 129 Å². The van der Waals surface area contributed by atoms with Gasteiger partial charge in [0.1, 0.15) is 0 Å². The van der Waals surface area contributed by atoms with E-state index in [1.54, 1.807) is 4.90 Å². The van der Waals surface area contributed by atoms with Crippen molar-refractivity contribution in [2.24, 2.45) is 5.41 Å². The number of carbonyl (C=O) groups is 2. The van der Waals surface area contributed by atoms with Crippen LogP contribution in [0.3, 0.4) is 0 Å². The molecule has 0 saturated carbocycles. The Morgan fingerprint density at radius 3 is 2.67 bits per heavy atom. The molecule has 114 valence electrons. The summed E-state index contributed by atoms with van der Waals surface area (Å²) in [6.07, 6.45) is 1.12. The number of carboxylic acids is 1. The molecule has 1 fully saturated rings. The second-order valence-corrected chi connectivity index (χ2v) is 6.58. The van der Waals surface area contributed by atoms with Crippen molar-refractivity contribution in [3.63, 3.8) is 0 Å². The van der Waals surface area contributed by atoms with Gasteiger partial charge in [-0.05, 0) is 31.4 Å². The van der Waals surface area contributed by atoms with Crippen LogP contribution in [-0.4, -0.2) is 40.7 Å². The fourth-order valence-corrected chi connectivity index (χ4v) is 3.58. The molecule has 5 heteroatoms. The van der Waals surface area contributed by atoms with Crippen molar-refractivity contribution in [1.29, 1.82) is 0 Å². The highest BCUT2D eigenvalue weighted by Crippen LogP contribution is 2.34. The number of carbonyl (C=O) groups excluding carboxylic acids is 1. The quantitative estimate of drug-likeness (QED) is 0.850. The number of hydrogen-bond donors (Lipinski definition) is 1. The van der Waals surface area contributed by atoms with Gasteiger partial charge in [0.15, 0.2) is 0 Å². The summed E-state index contributed by atoms with van der Waals surface area (Å²) < 4.78 is 0. The summed E-state index contributed by atoms with van der Waals surface area (Å²) in [4.78, 5) is 26.5. The third-order valence-corrected chi connectivity index (χ3v) is 5.44. The van der Waals surface area contributed by atoms with E-state index in [4.69, 9.17) is 0 Å². The summed E-state index contributed by atoms with van der Waals surface area (Å²) in [5, 5.41) is 9.36. The van der Waals surface area contributed by atoms with Crippen LogP contribution in [0, 0.1) is 12.3 Å². The Balaban J connectivity index is 1.94. The topological polar surface area (TPSA) is 57.6 Å². The number of rotatable bonds is 5. The van der Waals surface area contributed by atoms with Gasteiger partial charge >= 0.3 is 5.97 Å². The molecular formula is C16H21NO3S. The van der Waals surface area contributed by atoms with Crippen LogP contribution in [0.4, 0.5) is 0 Å². The van der Waals surface area contributed by atoms with Crippen molar-refractivity contribution in [3.8, 4) is 0 Å². The molecule has 0 radical (unpaired) electrons. The lowest BCUT2D eigenvalue weighted by Crippen LogP contribution is -2.37. The molecule has 1 saturated heterocycles. The molecule has 1 unspecified atom stereocenters. The molecule has 4 nitrogen and oxygen atoms in total. The minimum Gasteiger partial charge on any atom is -0.481 e. The van der Waals surface area contributed by atoms with Crippen LogP contribution < -0.4 is 0 Å². The van der Waals surface area contributed by atoms with Crippen LogP contribution in [-0.2, 0) is 9.59 Å². The largest absolute Gasteiger partial charge is 0.481 e. The zero-order valence-corrected chi connectivity index (χ0v) is 13.3. The first-order valence-electron chi connectivity index (χ1n) is 7.18. The van der Waals surface area contributed by atoms with Gasteiger partial charge in [-0.15, -0.1) is 11.8 Å². The lowest BCUT2D eigenvalue weighted by molar-refractivity contribution is -0.148. The van der Waals surface area contributed by atoms with E-state index in [-0.39, 0.29) is 5.91 Å². The number of hydrogen-bond acceptors (Lipinski definition) is 3. The summed E-state index contributed by atoms with van der Waals surface area (Å²) in [6, 6.07) is 7.96. The van der Waals surface area contributed by atoms with Gasteiger partial charge in [-0.25, -0.2) is 0 Å². The number of likely N-dealkylation sites (tertiary alicyclic amines) is 1. The summed E-state index contributed by atoms with van der Waals surface area (Å²) in [5.41, 5.74) is 0.411. The summed E-state index contributed by atoms with van der Waals surface area (Å²) >= 11 is 1.52. The van der Waals surface area contributed by atoms with E-state index in [1.165, 1.54) is 11.8 Å². The van der Waals surface area contributed by atoms with Crippen LogP contribution in [0.5, 0.6) is 0 Å². The van der Waals surface area contributed by atoms with Crippen molar-refractivity contribution in [1.82, 2.24) is 4.90 Å². The lowest BCUT2D eigenvalue weighted by Gasteiger charge is -2.23. The second kappa shape index (κ2) is 6.52. The zero-order valence-electron chi connectivity index (χ0n) is 12.5. The molecule has 21 heavy (non-hydrogen) atoms. The van der Waals surface area contributed by atoms with Gasteiger partial charge < -0.3 is 10.0 Å². The molecule has 1 aromatic carbocycles. The van der Waals surface area contributed by atoms with Gasteiger partial charge in [0.05, 0.1) is 11.2 Å². The van der Waals surface area contributed by atoms with Gasteiger partial charge in [0.25, 0.3) is 0 Å². The number of aryl methyl sites for hydroxylation is 1. The first kappa shape index (κ1) is 15.9. The van der Waals surface area contributed by atoms with Crippen LogP contribution in [0.25, 0.3) is 0 Å². The molecule has 1 aliphatic heterocycles. The molecule has 1 amide bonds. The first-order valence-corrected chi connectivity index (χ1v) is 8.16. The number of nitrogens with zero attached hydrogens (tertiary/aromatic N) is 1. The van der Waals surface area contributed by atoms with Crippen molar-refractivity contribution in [2.75, 3.05) is 18.8 Å². The number of amides is 1. The molecule has 0 spiro atoms. The average molecular weight is 307 g/mol. The Hall–Kier alpha value is -1.49. The van der Waals surface area contributed by atoms with E-state index < -0.39 is 11.4 Å². The Kier molecular flexibility index (Phi) is 4.93. The third kappa shape index (κ3) is 3.40. The highest BCUT2D eigenvalue weighted by atomic mass is 32.2. The maximum absolute atomic E-state index is 12.3. The lowest BCUT2D eigenvalue weighted by atomic mass is 9.84. The molecule has 0 aromatic heterocycles. The normalized spacial score (nSPS) is 21.5. The second-order valence-electron chi connectivity index (χ2n) is 5.56. The Morgan fingerprint density at radius 2 is 2.10 bits per heavy atom. The van der Waals surface area contributed by atoms with Crippen LogP contribution in [0.1, 0.15) is 25.3 Å². The molecule has 0 bridgehead atoms. The van der Waals surface area contributed by atoms with Gasteiger partial charge in [-0.1, -0.05) is 25.1 Å². The van der Waals surface area contributed by atoms with Crippen molar-refractivity contribution in [3.05, 3.63) is 29.8 Å². The summed E-state index contributed by atoms with van der Waals surface area (Å²) in [5.74, 6) is -0.392. The predicted octanol–water partition coefficient (Wildman–Crippen LogP) is 2.80. The monoisotopic (exact) mass is 307 g/mol. The fraction of sp³-hybridized carbons (Fsp3) is 0.500. The maximum atomic E-state index is 12.3. The highest BCUT2D eigenvalue weighted by Gasteiger charge is 2.44. The third-order valence-electron chi connectivity index (χ3n) is 4.28. The molecule has 1 N–H and O–H groups in total. The molecular weight excluding hydrogens is 286 g/mol. The molecule has 1 atom stereocenters. The average Bonchev–Trinajstić information content (AvgIpc) is 2.92. The summed E-state index contributed by atoms with van der Waals surface area (Å²) in [6.45, 7) is 4.79. The fourth-order valence-electron chi connectivity index (χ4n) is 2.65. The van der Waals surface area contributed by atoms with Crippen molar-refractivity contribution < 1.29 is 14.7 Å². The van der Waals surface area contributed by atoms with Crippen LogP contribution in [0.15, 0.2) is 29.2 Å². The SMILES string of the molecule is CCC1(C(=O)O)CCN(C(=O)CSc2ccccc2C)C1. The summed E-state index contributed by atoms with van der Waals surface area (Å²) in [7, 11) is 0. The van der Waals surface area contributed by atoms with E-state index >= 15 is 0 Å². The van der Waals surface area contributed by atoms with Gasteiger partial charge in [-0.3, -0.25) is 9.59 Å². The minimum atomic E-state index is -0.785. The van der Waals surface area contributed by atoms with Gasteiger partial charge in [0.2, 0.25) is 5.91 Å². The number of benzene rings is 1. The number of aliphatic carboxylic acids is 1. The van der Waals surface area contributed by atoms with Crippen LogP contribution >= 0.6 is 11.8 Å². The van der Waals surface area contributed by atoms with Gasteiger partial charge in [0, 0.05) is 18.0 Å². The number of carboxylic acid groups (broad SMARTS) is 1. The molecule has 1 aliphatic rings. The first-order chi connectivity index (χ1) is 9.98. The van der Waals surface area contributed by atoms with E-state index in [1.807, 2.05) is 38.1 Å². The molecule has 2 rings (SSSR count). The van der Waals surface area contributed by atoms with Crippen molar-refractivity contribution >= 4 is 23.6 Å². The molecule has 1 aromatic rings. The number of thioether (sulfide) groups is 1. The minimum absolute atomic E-state index is 0.0276. The highest BCUT2D eigenvalue weighted by molar-refractivity contribution is 8.00. The van der Waals surface area contributed by atoms with E-state index in [0.717, 1.165) is 10.5 Å². The van der Waals surface area contributed by atoms with E-state index in [9.17, 15) is 14.7 Å². The predicted molar refractivity (Wildman–Crippen MR) is 83.5 cm³/mol. The Morgan fingerprint density at radius 1 is 1.38 bits per heavy atom. The molecule has 0 aliphatic carbocycles. The van der Waals surface area contributed by atoms with Gasteiger partial charge in [-0.2, -0.15) is 0 Å². The maximum Gasteiger partial charge on any atom is 0.311 e. The van der Waals surface area contributed by atoms with Crippen molar-refractivity contribution in [2.45, 2.75) is 31.6 Å². The van der Waals surface area contributed by atoms with E-state index in [0.29, 0.717) is 31.7 Å². The standard InChI is InChI=1S/C16H21NO3S/c1-3-16(15(19)20)8-9-17(11-16)14(18)10-21-13-7-5-4-6-12(13)2/h4-7H,3,8-11H2,1-2H3,(H,19,20). The molecule has 1 heterocycles. The smallest absolute Gasteiger partial charge is 0.311 e. The van der Waals surface area contributed by atoms with Crippen LogP contribution in [0.2, 0.25) is 0 Å². The van der Waals surface area contributed by atoms with E-state index in [2.05, 4.69) is 0 Å². The zero-order chi connectivity index (χ0) is 15.5.